The lowest BCUT2D eigenvalue weighted by molar-refractivity contribution is 1.08. The van der Waals surface area contributed by atoms with Crippen molar-refractivity contribution in [2.24, 2.45) is 0 Å². The minimum absolute atomic E-state index is 0.891. The van der Waals surface area contributed by atoms with E-state index >= 15 is 0 Å². The van der Waals surface area contributed by atoms with Gasteiger partial charge in [0.2, 0.25) is 0 Å². The van der Waals surface area contributed by atoms with E-state index in [-0.39, 0.29) is 0 Å². The molecule has 9 rings (SSSR count). The minimum Gasteiger partial charge on any atom is -0.309 e. The second-order valence-electron chi connectivity index (χ2n) is 11.1. The van der Waals surface area contributed by atoms with Gasteiger partial charge in [-0.1, -0.05) is 91.0 Å². The van der Waals surface area contributed by atoms with Crippen molar-refractivity contribution in [3.63, 3.8) is 0 Å². The second-order valence-corrected chi connectivity index (χ2v) is 11.1. The van der Waals surface area contributed by atoms with Gasteiger partial charge in [0, 0.05) is 44.6 Å². The predicted octanol–water partition coefficient (Wildman–Crippen LogP) is 10.0. The zero-order chi connectivity index (χ0) is 29.0. The summed E-state index contributed by atoms with van der Waals surface area (Å²) in [5.41, 5.74) is 9.84. The first kappa shape index (κ1) is 24.6. The molecule has 0 aliphatic carbocycles. The summed E-state index contributed by atoms with van der Waals surface area (Å²) >= 11 is 0. The Kier molecular flexibility index (Phi) is 5.47. The Morgan fingerprint density at radius 1 is 0.409 bits per heavy atom. The molecule has 0 saturated carbocycles. The van der Waals surface area contributed by atoms with Crippen LogP contribution in [0.2, 0.25) is 0 Å². The summed E-state index contributed by atoms with van der Waals surface area (Å²) in [7, 11) is 0. The van der Waals surface area contributed by atoms with E-state index in [4.69, 9.17) is 9.97 Å². The maximum atomic E-state index is 5.08. The smallest absolute Gasteiger partial charge is 0.137 e. The lowest BCUT2D eigenvalue weighted by Crippen LogP contribution is -1.97. The van der Waals surface area contributed by atoms with Crippen molar-refractivity contribution >= 4 is 43.6 Å². The lowest BCUT2D eigenvalue weighted by atomic mass is 10.0. The highest BCUT2D eigenvalue weighted by Gasteiger charge is 2.21. The number of rotatable bonds is 4. The maximum Gasteiger partial charge on any atom is 0.137 e. The molecule has 4 heteroatoms. The summed E-state index contributed by atoms with van der Waals surface area (Å²) in [5.74, 6) is 0.891. The van der Waals surface area contributed by atoms with Gasteiger partial charge in [0.05, 0.1) is 33.5 Å². The largest absolute Gasteiger partial charge is 0.309 e. The van der Waals surface area contributed by atoms with Crippen molar-refractivity contribution in [2.45, 2.75) is 0 Å². The second kappa shape index (κ2) is 9.79. The molecule has 4 aromatic heterocycles. The summed E-state index contributed by atoms with van der Waals surface area (Å²) in [6.07, 6.45) is 1.86. The highest BCUT2D eigenvalue weighted by atomic mass is 15.1. The average Bonchev–Trinajstić information content (AvgIpc) is 3.62. The Hall–Kier alpha value is -6.00. The van der Waals surface area contributed by atoms with Crippen LogP contribution in [0.4, 0.5) is 0 Å². The van der Waals surface area contributed by atoms with Crippen LogP contribution >= 0.6 is 0 Å². The van der Waals surface area contributed by atoms with Crippen LogP contribution in [0.25, 0.3) is 77.6 Å². The lowest BCUT2D eigenvalue weighted by Gasteiger charge is -2.09. The fourth-order valence-electron chi connectivity index (χ4n) is 6.68. The Morgan fingerprint density at radius 2 is 1.07 bits per heavy atom. The third-order valence-corrected chi connectivity index (χ3v) is 8.57. The Morgan fingerprint density at radius 3 is 1.84 bits per heavy atom. The molecular formula is C40H26N4. The van der Waals surface area contributed by atoms with Gasteiger partial charge in [-0.15, -0.1) is 0 Å². The normalized spacial score (nSPS) is 11.6. The van der Waals surface area contributed by atoms with Crippen molar-refractivity contribution in [3.05, 3.63) is 158 Å². The quantitative estimate of drug-likeness (QED) is 0.214. The van der Waals surface area contributed by atoms with E-state index in [1.165, 1.54) is 32.6 Å². The molecule has 0 N–H and O–H groups in total. The zero-order valence-corrected chi connectivity index (χ0v) is 23.8. The number of nitrogens with zero attached hydrogens (tertiary/aromatic N) is 4. The van der Waals surface area contributed by atoms with Crippen LogP contribution in [0.3, 0.4) is 0 Å². The van der Waals surface area contributed by atoms with E-state index in [0.29, 0.717) is 0 Å². The van der Waals surface area contributed by atoms with Crippen molar-refractivity contribution in [2.75, 3.05) is 0 Å². The number of hydrogen-bond acceptors (Lipinski definition) is 2. The molecule has 0 aliphatic heterocycles. The standard InChI is InChI=1S/C40H26N4/c1-3-12-27(13-4-1)32-17-11-18-33(42-32)28-21-22-31-37(26-28)44(38-20-9-10-25-41-38)36-24-23-35-39(40(31)36)30-16-7-8-19-34(30)43(35)29-14-5-2-6-15-29/h1-26H. The Bertz CT molecular complexity index is 2470. The molecule has 206 valence electrons. The van der Waals surface area contributed by atoms with Crippen LogP contribution in [0.1, 0.15) is 0 Å². The number of para-hydroxylation sites is 2. The maximum absolute atomic E-state index is 5.08. The molecule has 5 aromatic carbocycles. The van der Waals surface area contributed by atoms with E-state index in [1.54, 1.807) is 0 Å². The van der Waals surface area contributed by atoms with Crippen molar-refractivity contribution in [1.29, 1.82) is 0 Å². The van der Waals surface area contributed by atoms with Crippen molar-refractivity contribution in [3.8, 4) is 34.0 Å². The first-order chi connectivity index (χ1) is 21.8. The van der Waals surface area contributed by atoms with Crippen LogP contribution in [-0.2, 0) is 0 Å². The molecular weight excluding hydrogens is 536 g/mol. The van der Waals surface area contributed by atoms with E-state index in [9.17, 15) is 0 Å². The van der Waals surface area contributed by atoms with Gasteiger partial charge in [-0.3, -0.25) is 4.57 Å². The number of aromatic nitrogens is 4. The average molecular weight is 563 g/mol. The van der Waals surface area contributed by atoms with Gasteiger partial charge in [0.1, 0.15) is 5.82 Å². The molecule has 4 nitrogen and oxygen atoms in total. The Balaban J connectivity index is 1.37. The van der Waals surface area contributed by atoms with Gasteiger partial charge in [-0.05, 0) is 60.7 Å². The third kappa shape index (κ3) is 3.71. The van der Waals surface area contributed by atoms with Gasteiger partial charge < -0.3 is 4.57 Å². The summed E-state index contributed by atoms with van der Waals surface area (Å²) in [4.78, 5) is 9.89. The molecule has 0 saturated heterocycles. The Labute approximate surface area is 254 Å². The van der Waals surface area contributed by atoms with Gasteiger partial charge in [0.25, 0.3) is 0 Å². The molecule has 0 fully saturated rings. The van der Waals surface area contributed by atoms with Crippen LogP contribution in [0, 0.1) is 0 Å². The molecule has 0 unspecified atom stereocenters. The first-order valence-electron chi connectivity index (χ1n) is 14.9. The fraction of sp³-hybridized carbons (Fsp3) is 0. The van der Waals surface area contributed by atoms with Crippen molar-refractivity contribution < 1.29 is 0 Å². The number of hydrogen-bond donors (Lipinski definition) is 0. The van der Waals surface area contributed by atoms with E-state index in [0.717, 1.165) is 45.1 Å². The van der Waals surface area contributed by atoms with E-state index in [1.807, 2.05) is 18.3 Å². The third-order valence-electron chi connectivity index (χ3n) is 8.57. The monoisotopic (exact) mass is 562 g/mol. The number of fused-ring (bicyclic) bond motifs is 7. The SMILES string of the molecule is c1ccc(-c2cccc(-c3ccc4c5c6c7ccccc7n(-c7ccccc7)c6ccc5n(-c5ccccn5)c4c3)n2)cc1. The molecule has 4 heterocycles. The van der Waals surface area contributed by atoms with Gasteiger partial charge in [-0.2, -0.15) is 0 Å². The molecule has 0 radical (unpaired) electrons. The highest BCUT2D eigenvalue weighted by molar-refractivity contribution is 6.29. The van der Waals surface area contributed by atoms with Crippen LogP contribution in [-0.4, -0.2) is 19.1 Å². The molecule has 0 atom stereocenters. The highest BCUT2D eigenvalue weighted by Crippen LogP contribution is 2.42. The topological polar surface area (TPSA) is 35.6 Å². The molecule has 0 aliphatic rings. The summed E-state index contributed by atoms with van der Waals surface area (Å²) in [6, 6.07) is 53.3. The first-order valence-corrected chi connectivity index (χ1v) is 14.9. The minimum atomic E-state index is 0.891. The molecule has 0 amide bonds. The summed E-state index contributed by atoms with van der Waals surface area (Å²) < 4.78 is 4.67. The number of pyridine rings is 2. The fourth-order valence-corrected chi connectivity index (χ4v) is 6.68. The zero-order valence-electron chi connectivity index (χ0n) is 23.8. The summed E-state index contributed by atoms with van der Waals surface area (Å²) in [6.45, 7) is 0. The van der Waals surface area contributed by atoms with Crippen molar-refractivity contribution in [1.82, 2.24) is 19.1 Å². The molecule has 0 bridgehead atoms. The molecule has 44 heavy (non-hydrogen) atoms. The van der Waals surface area contributed by atoms with Crippen LogP contribution < -0.4 is 0 Å². The van der Waals surface area contributed by atoms with E-state index < -0.39 is 0 Å². The molecule has 9 aromatic rings. The van der Waals surface area contributed by atoms with Crippen LogP contribution in [0.15, 0.2) is 158 Å². The van der Waals surface area contributed by atoms with Crippen LogP contribution in [0.5, 0.6) is 0 Å². The van der Waals surface area contributed by atoms with E-state index in [2.05, 4.69) is 149 Å². The van der Waals surface area contributed by atoms with Gasteiger partial charge in [-0.25, -0.2) is 9.97 Å². The summed E-state index contributed by atoms with van der Waals surface area (Å²) in [5, 5.41) is 4.90. The molecule has 0 spiro atoms. The van der Waals surface area contributed by atoms with Gasteiger partial charge in [0.15, 0.2) is 0 Å². The predicted molar refractivity (Wildman–Crippen MR) is 182 cm³/mol. The van der Waals surface area contributed by atoms with Gasteiger partial charge >= 0.3 is 0 Å². The number of benzene rings is 5.